The van der Waals surface area contributed by atoms with Crippen molar-refractivity contribution < 1.29 is 33.6 Å². The Kier molecular flexibility index (Phi) is 16.9. The van der Waals surface area contributed by atoms with Crippen molar-refractivity contribution in [1.82, 2.24) is 16.0 Å². The highest BCUT2D eigenvalue weighted by molar-refractivity contribution is 7.80. The summed E-state index contributed by atoms with van der Waals surface area (Å²) in [4.78, 5) is 22.1. The summed E-state index contributed by atoms with van der Waals surface area (Å²) in [6.07, 6.45) is 4.59. The third kappa shape index (κ3) is 16.2. The Labute approximate surface area is 196 Å². The number of carbonyl (C=O) groups is 2. The van der Waals surface area contributed by atoms with Crippen molar-refractivity contribution in [2.45, 2.75) is 57.5 Å². The van der Waals surface area contributed by atoms with Gasteiger partial charge in [0.15, 0.2) is 5.11 Å². The minimum absolute atomic E-state index is 0.000854. The summed E-state index contributed by atoms with van der Waals surface area (Å²) in [6.45, 7) is 5.86. The van der Waals surface area contributed by atoms with Gasteiger partial charge in [0.2, 0.25) is 5.91 Å². The lowest BCUT2D eigenvalue weighted by atomic mass is 10.0. The van der Waals surface area contributed by atoms with Crippen LogP contribution in [0.3, 0.4) is 0 Å². The SMILES string of the molecule is C[C@@H]1NC(=S)N[C@@H]1CCCCCC(=O)NCCOCCOCCOCCOCCC(=O)O. The van der Waals surface area contributed by atoms with Crippen LogP contribution >= 0.6 is 12.2 Å². The van der Waals surface area contributed by atoms with Gasteiger partial charge in [-0.05, 0) is 32.0 Å². The van der Waals surface area contributed by atoms with E-state index in [4.69, 9.17) is 36.3 Å². The van der Waals surface area contributed by atoms with Crippen LogP contribution in [0.15, 0.2) is 0 Å². The van der Waals surface area contributed by atoms with Gasteiger partial charge in [0.25, 0.3) is 0 Å². The van der Waals surface area contributed by atoms with Gasteiger partial charge >= 0.3 is 5.97 Å². The molecule has 11 heteroatoms. The van der Waals surface area contributed by atoms with E-state index in [1.807, 2.05) is 0 Å². The fourth-order valence-electron chi connectivity index (χ4n) is 3.06. The van der Waals surface area contributed by atoms with Crippen molar-refractivity contribution in [3.63, 3.8) is 0 Å². The standard InChI is InChI=1S/C21H39N3O7S/c1-17-18(24-21(32)23-17)5-3-2-4-6-19(25)22-8-10-29-12-14-31-16-15-30-13-11-28-9-7-20(26)27/h17-18H,2-16H2,1H3,(H,22,25)(H,26,27)(H2,23,24,32)/t17-,18+/m0/s1. The van der Waals surface area contributed by atoms with Gasteiger partial charge < -0.3 is 40.0 Å². The number of nitrogens with one attached hydrogen (secondary N) is 3. The average molecular weight is 478 g/mol. The largest absolute Gasteiger partial charge is 0.481 e. The van der Waals surface area contributed by atoms with Gasteiger partial charge in [-0.2, -0.15) is 0 Å². The second-order valence-corrected chi connectivity index (χ2v) is 7.96. The number of thiocarbonyl (C=S) groups is 1. The number of amides is 1. The molecule has 1 heterocycles. The second-order valence-electron chi connectivity index (χ2n) is 7.56. The second kappa shape index (κ2) is 19.0. The topological polar surface area (TPSA) is 127 Å². The zero-order chi connectivity index (χ0) is 23.4. The molecule has 1 fully saturated rings. The maximum atomic E-state index is 11.8. The molecular weight excluding hydrogens is 438 g/mol. The zero-order valence-electron chi connectivity index (χ0n) is 19.1. The minimum Gasteiger partial charge on any atom is -0.481 e. The smallest absolute Gasteiger partial charge is 0.305 e. The van der Waals surface area contributed by atoms with Crippen LogP contribution in [0.1, 0.15) is 45.4 Å². The quantitative estimate of drug-likeness (QED) is 0.139. The molecule has 1 saturated heterocycles. The number of rotatable bonds is 21. The summed E-state index contributed by atoms with van der Waals surface area (Å²) in [5.74, 6) is -0.814. The van der Waals surface area contributed by atoms with Crippen molar-refractivity contribution in [1.29, 1.82) is 0 Å². The summed E-state index contributed by atoms with van der Waals surface area (Å²) in [7, 11) is 0. The number of hydrogen-bond donors (Lipinski definition) is 4. The lowest BCUT2D eigenvalue weighted by Crippen LogP contribution is -2.30. The van der Waals surface area contributed by atoms with E-state index in [2.05, 4.69) is 22.9 Å². The number of carbonyl (C=O) groups excluding carboxylic acids is 1. The van der Waals surface area contributed by atoms with Crippen molar-refractivity contribution >= 4 is 29.2 Å². The van der Waals surface area contributed by atoms with Crippen LogP contribution in [-0.2, 0) is 28.5 Å². The highest BCUT2D eigenvalue weighted by atomic mass is 32.1. The van der Waals surface area contributed by atoms with Gasteiger partial charge in [0.1, 0.15) is 0 Å². The fourth-order valence-corrected chi connectivity index (χ4v) is 3.40. The van der Waals surface area contributed by atoms with E-state index in [0.29, 0.717) is 71.3 Å². The van der Waals surface area contributed by atoms with E-state index >= 15 is 0 Å². The summed E-state index contributed by atoms with van der Waals surface area (Å²) in [6, 6.07) is 0.758. The van der Waals surface area contributed by atoms with E-state index in [9.17, 15) is 9.59 Å². The van der Waals surface area contributed by atoms with Crippen LogP contribution < -0.4 is 16.0 Å². The third-order valence-corrected chi connectivity index (χ3v) is 5.08. The molecule has 2 atom stereocenters. The van der Waals surface area contributed by atoms with Gasteiger partial charge in [-0.3, -0.25) is 9.59 Å². The highest BCUT2D eigenvalue weighted by Gasteiger charge is 2.24. The number of carboxylic acid groups (broad SMARTS) is 1. The molecule has 10 nitrogen and oxygen atoms in total. The van der Waals surface area contributed by atoms with Gasteiger partial charge in [-0.15, -0.1) is 0 Å². The molecule has 186 valence electrons. The first-order valence-electron chi connectivity index (χ1n) is 11.4. The molecule has 1 rings (SSSR count). The predicted octanol–water partition coefficient (Wildman–Crippen LogP) is 0.829. The van der Waals surface area contributed by atoms with E-state index in [1.165, 1.54) is 0 Å². The molecule has 0 spiro atoms. The lowest BCUT2D eigenvalue weighted by Gasteiger charge is -2.14. The van der Waals surface area contributed by atoms with Crippen LogP contribution in [0.4, 0.5) is 0 Å². The Morgan fingerprint density at radius 2 is 1.47 bits per heavy atom. The Bertz CT molecular complexity index is 540. The highest BCUT2D eigenvalue weighted by Crippen LogP contribution is 2.11. The Morgan fingerprint density at radius 3 is 2.03 bits per heavy atom. The van der Waals surface area contributed by atoms with E-state index in [-0.39, 0.29) is 18.9 Å². The fraction of sp³-hybridized carbons (Fsp3) is 0.857. The maximum absolute atomic E-state index is 11.8. The summed E-state index contributed by atoms with van der Waals surface area (Å²) in [5, 5.41) is 18.5. The molecule has 0 aromatic rings. The molecule has 0 aliphatic carbocycles. The number of unbranched alkanes of at least 4 members (excludes halogenated alkanes) is 2. The van der Waals surface area contributed by atoms with E-state index < -0.39 is 5.97 Å². The number of carboxylic acids is 1. The van der Waals surface area contributed by atoms with Gasteiger partial charge in [0.05, 0.1) is 59.3 Å². The normalized spacial score (nSPS) is 17.7. The number of ether oxygens (including phenoxy) is 4. The molecule has 0 saturated carbocycles. The molecule has 0 radical (unpaired) electrons. The molecule has 0 unspecified atom stereocenters. The molecule has 32 heavy (non-hydrogen) atoms. The van der Waals surface area contributed by atoms with Crippen molar-refractivity contribution in [2.24, 2.45) is 0 Å². The summed E-state index contributed by atoms with van der Waals surface area (Å²) < 4.78 is 21.2. The van der Waals surface area contributed by atoms with Gasteiger partial charge in [-0.25, -0.2) is 0 Å². The van der Waals surface area contributed by atoms with Crippen LogP contribution in [-0.4, -0.2) is 93.6 Å². The van der Waals surface area contributed by atoms with E-state index in [0.717, 1.165) is 30.8 Å². The molecule has 0 aromatic carbocycles. The van der Waals surface area contributed by atoms with Crippen molar-refractivity contribution in [3.8, 4) is 0 Å². The van der Waals surface area contributed by atoms with Crippen LogP contribution in [0.2, 0.25) is 0 Å². The molecule has 1 aliphatic heterocycles. The van der Waals surface area contributed by atoms with Crippen LogP contribution in [0.25, 0.3) is 0 Å². The summed E-state index contributed by atoms with van der Waals surface area (Å²) in [5.41, 5.74) is 0. The number of aliphatic carboxylic acids is 1. The molecule has 1 amide bonds. The van der Waals surface area contributed by atoms with Crippen LogP contribution in [0.5, 0.6) is 0 Å². The van der Waals surface area contributed by atoms with E-state index in [1.54, 1.807) is 0 Å². The molecule has 1 aliphatic rings. The summed E-state index contributed by atoms with van der Waals surface area (Å²) >= 11 is 5.11. The first kappa shape index (κ1) is 28.5. The Balaban J connectivity index is 1.75. The van der Waals surface area contributed by atoms with Gasteiger partial charge in [-0.1, -0.05) is 12.8 Å². The third-order valence-electron chi connectivity index (χ3n) is 4.84. The van der Waals surface area contributed by atoms with Crippen molar-refractivity contribution in [2.75, 3.05) is 59.4 Å². The zero-order valence-corrected chi connectivity index (χ0v) is 19.9. The first-order chi connectivity index (χ1) is 15.5. The monoisotopic (exact) mass is 477 g/mol. The first-order valence-corrected chi connectivity index (χ1v) is 11.8. The molecular formula is C21H39N3O7S. The average Bonchev–Trinajstić information content (AvgIpc) is 3.07. The molecule has 0 bridgehead atoms. The molecule has 0 aromatic heterocycles. The number of hydrogen-bond acceptors (Lipinski definition) is 7. The Morgan fingerprint density at radius 1 is 0.875 bits per heavy atom. The van der Waals surface area contributed by atoms with Gasteiger partial charge in [0, 0.05) is 25.0 Å². The minimum atomic E-state index is -0.874. The maximum Gasteiger partial charge on any atom is 0.305 e. The van der Waals surface area contributed by atoms with Crippen molar-refractivity contribution in [3.05, 3.63) is 0 Å². The molecule has 4 N–H and O–H groups in total. The lowest BCUT2D eigenvalue weighted by molar-refractivity contribution is -0.138. The van der Waals surface area contributed by atoms with Crippen LogP contribution in [0, 0.1) is 0 Å². The predicted molar refractivity (Wildman–Crippen MR) is 124 cm³/mol. The Hall–Kier alpha value is -1.53.